The van der Waals surface area contributed by atoms with Crippen LogP contribution in [0.3, 0.4) is 0 Å². The molecule has 2 aromatic rings. The van der Waals surface area contributed by atoms with Crippen LogP contribution >= 0.6 is 0 Å². The topological polar surface area (TPSA) is 108 Å². The number of primary sulfonamides is 1. The fourth-order valence-electron chi connectivity index (χ4n) is 2.39. The van der Waals surface area contributed by atoms with Gasteiger partial charge < -0.3 is 14.8 Å². The van der Waals surface area contributed by atoms with E-state index in [4.69, 9.17) is 14.6 Å². The second kappa shape index (κ2) is 9.38. The summed E-state index contributed by atoms with van der Waals surface area (Å²) >= 11 is 0. The van der Waals surface area contributed by atoms with E-state index in [0.717, 1.165) is 12.8 Å². The Morgan fingerprint density at radius 3 is 2.44 bits per heavy atom. The van der Waals surface area contributed by atoms with Gasteiger partial charge in [0.15, 0.2) is 5.75 Å². The van der Waals surface area contributed by atoms with Crippen LogP contribution < -0.4 is 15.2 Å². The van der Waals surface area contributed by atoms with Crippen LogP contribution in [-0.4, -0.2) is 27.5 Å². The van der Waals surface area contributed by atoms with Crippen LogP contribution in [0.5, 0.6) is 11.5 Å². The zero-order chi connectivity index (χ0) is 19.9. The fraction of sp³-hybridized carbons (Fsp3) is 0.316. The van der Waals surface area contributed by atoms with Gasteiger partial charge in [-0.05, 0) is 37.6 Å². The molecule has 3 N–H and O–H groups in total. The number of rotatable bonds is 9. The summed E-state index contributed by atoms with van der Waals surface area (Å²) in [4.78, 5) is 11.9. The summed E-state index contributed by atoms with van der Waals surface area (Å²) in [6.07, 6.45) is 1.81. The molecule has 27 heavy (non-hydrogen) atoms. The zero-order valence-electron chi connectivity index (χ0n) is 15.4. The van der Waals surface area contributed by atoms with E-state index >= 15 is 0 Å². The van der Waals surface area contributed by atoms with Crippen LogP contribution in [0.25, 0.3) is 0 Å². The Balaban J connectivity index is 2.59. The number of para-hydroxylation sites is 1. The monoisotopic (exact) mass is 392 g/mol. The summed E-state index contributed by atoms with van der Waals surface area (Å²) in [5, 5.41) is 8.52. The van der Waals surface area contributed by atoms with Gasteiger partial charge in [-0.15, -0.1) is 0 Å². The van der Waals surface area contributed by atoms with E-state index in [1.807, 2.05) is 13.0 Å². The van der Waals surface area contributed by atoms with E-state index in [0.29, 0.717) is 18.0 Å². The van der Waals surface area contributed by atoms with Crippen LogP contribution in [0.15, 0.2) is 47.4 Å². The van der Waals surface area contributed by atoms with Crippen LogP contribution in [0.1, 0.15) is 37.0 Å². The van der Waals surface area contributed by atoms with Crippen molar-refractivity contribution in [3.8, 4) is 11.5 Å². The highest BCUT2D eigenvalue weighted by atomic mass is 32.2. The number of nitrogens with two attached hydrogens (primary N) is 1. The SMILES string of the molecule is CCCCNc1cc(C(=O)OCC)cc(S(N)(=O)=O)c1Oc1ccccc1. The molecule has 0 radical (unpaired) electrons. The minimum absolute atomic E-state index is 0.0489. The molecule has 0 aliphatic rings. The van der Waals surface area contributed by atoms with Gasteiger partial charge >= 0.3 is 5.97 Å². The predicted octanol–water partition coefficient (Wildman–Crippen LogP) is 3.52. The molecule has 0 aliphatic heterocycles. The number of hydrogen-bond donors (Lipinski definition) is 2. The van der Waals surface area contributed by atoms with Gasteiger partial charge in [0.05, 0.1) is 17.9 Å². The number of nitrogens with one attached hydrogen (secondary N) is 1. The van der Waals surface area contributed by atoms with Gasteiger partial charge in [-0.1, -0.05) is 31.5 Å². The van der Waals surface area contributed by atoms with Crippen LogP contribution in [0, 0.1) is 0 Å². The summed E-state index contributed by atoms with van der Waals surface area (Å²) < 4.78 is 35.2. The normalized spacial score (nSPS) is 11.1. The molecule has 146 valence electrons. The molecule has 0 aliphatic carbocycles. The van der Waals surface area contributed by atoms with Gasteiger partial charge in [0.25, 0.3) is 0 Å². The number of carbonyl (C=O) groups excluding carboxylic acids is 1. The number of sulfonamides is 1. The smallest absolute Gasteiger partial charge is 0.338 e. The Morgan fingerprint density at radius 2 is 1.85 bits per heavy atom. The van der Waals surface area contributed by atoms with Crippen LogP contribution in [0.4, 0.5) is 5.69 Å². The first-order chi connectivity index (χ1) is 12.9. The van der Waals surface area contributed by atoms with Crippen molar-refractivity contribution in [2.45, 2.75) is 31.6 Å². The number of benzene rings is 2. The number of esters is 1. The molecule has 7 nitrogen and oxygen atoms in total. The number of ether oxygens (including phenoxy) is 2. The fourth-order valence-corrected chi connectivity index (χ4v) is 3.09. The lowest BCUT2D eigenvalue weighted by molar-refractivity contribution is 0.0526. The second-order valence-corrected chi connectivity index (χ2v) is 7.34. The Morgan fingerprint density at radius 1 is 1.15 bits per heavy atom. The third-order valence-corrected chi connectivity index (χ3v) is 4.60. The minimum Gasteiger partial charge on any atom is -0.462 e. The maximum Gasteiger partial charge on any atom is 0.338 e. The van der Waals surface area contributed by atoms with E-state index in [-0.39, 0.29) is 22.8 Å². The number of unbranched alkanes of at least 4 members (excludes halogenated alkanes) is 1. The van der Waals surface area contributed by atoms with E-state index < -0.39 is 16.0 Å². The summed E-state index contributed by atoms with van der Waals surface area (Å²) in [7, 11) is -4.15. The molecular formula is C19H24N2O5S. The summed E-state index contributed by atoms with van der Waals surface area (Å²) in [5.41, 5.74) is 0.446. The molecule has 0 unspecified atom stereocenters. The van der Waals surface area contributed by atoms with Crippen LogP contribution in [-0.2, 0) is 14.8 Å². The molecule has 8 heteroatoms. The maximum atomic E-state index is 12.2. The maximum absolute atomic E-state index is 12.2. The molecule has 0 fully saturated rings. The van der Waals surface area contributed by atoms with Crippen molar-refractivity contribution in [1.82, 2.24) is 0 Å². The van der Waals surface area contributed by atoms with Crippen molar-refractivity contribution in [3.05, 3.63) is 48.0 Å². The quantitative estimate of drug-likeness (QED) is 0.499. The third-order valence-electron chi connectivity index (χ3n) is 3.68. The average molecular weight is 392 g/mol. The molecule has 0 amide bonds. The van der Waals surface area contributed by atoms with E-state index in [1.165, 1.54) is 12.1 Å². The lowest BCUT2D eigenvalue weighted by atomic mass is 10.1. The van der Waals surface area contributed by atoms with Gasteiger partial charge in [0.2, 0.25) is 10.0 Å². The molecule has 2 rings (SSSR count). The first-order valence-electron chi connectivity index (χ1n) is 8.71. The molecule has 0 spiro atoms. The third kappa shape index (κ3) is 5.70. The van der Waals surface area contributed by atoms with Crippen molar-refractivity contribution in [2.75, 3.05) is 18.5 Å². The second-order valence-electron chi connectivity index (χ2n) is 5.81. The van der Waals surface area contributed by atoms with Crippen molar-refractivity contribution in [1.29, 1.82) is 0 Å². The molecule has 0 saturated carbocycles. The van der Waals surface area contributed by atoms with Gasteiger partial charge in [-0.25, -0.2) is 18.4 Å². The summed E-state index contributed by atoms with van der Waals surface area (Å²) in [6, 6.07) is 11.4. The van der Waals surface area contributed by atoms with Crippen molar-refractivity contribution >= 4 is 21.7 Å². The van der Waals surface area contributed by atoms with Gasteiger partial charge in [0, 0.05) is 6.54 Å². The largest absolute Gasteiger partial charge is 0.462 e. The number of carbonyl (C=O) groups is 1. The molecule has 0 saturated heterocycles. The average Bonchev–Trinajstić information content (AvgIpc) is 2.63. The van der Waals surface area contributed by atoms with E-state index in [2.05, 4.69) is 5.32 Å². The molecule has 0 aromatic heterocycles. The number of hydrogen-bond acceptors (Lipinski definition) is 6. The van der Waals surface area contributed by atoms with Gasteiger partial charge in [-0.3, -0.25) is 0 Å². The predicted molar refractivity (Wildman–Crippen MR) is 104 cm³/mol. The number of anilines is 1. The van der Waals surface area contributed by atoms with Gasteiger partial charge in [-0.2, -0.15) is 0 Å². The van der Waals surface area contributed by atoms with E-state index in [9.17, 15) is 13.2 Å². The molecule has 2 aromatic carbocycles. The Bertz CT molecular complexity index is 882. The first-order valence-corrected chi connectivity index (χ1v) is 10.3. The van der Waals surface area contributed by atoms with Crippen LogP contribution in [0.2, 0.25) is 0 Å². The highest BCUT2D eigenvalue weighted by molar-refractivity contribution is 7.89. The summed E-state index contributed by atoms with van der Waals surface area (Å²) in [6.45, 7) is 4.46. The highest BCUT2D eigenvalue weighted by Crippen LogP contribution is 2.37. The van der Waals surface area contributed by atoms with E-state index in [1.54, 1.807) is 31.2 Å². The molecular weight excluding hydrogens is 368 g/mol. The highest BCUT2D eigenvalue weighted by Gasteiger charge is 2.24. The lowest BCUT2D eigenvalue weighted by Gasteiger charge is -2.17. The van der Waals surface area contributed by atoms with Gasteiger partial charge in [0.1, 0.15) is 10.6 Å². The Labute approximate surface area is 159 Å². The molecule has 0 atom stereocenters. The molecule has 0 bridgehead atoms. The standard InChI is InChI=1S/C19H24N2O5S/c1-3-5-11-21-16-12-14(19(22)25-4-2)13-17(27(20,23)24)18(16)26-15-9-7-6-8-10-15/h6-10,12-13,21H,3-5,11H2,1-2H3,(H2,20,23,24). The Kier molecular flexibility index (Phi) is 7.20. The van der Waals surface area contributed by atoms with Crippen molar-refractivity contribution < 1.29 is 22.7 Å². The summed E-state index contributed by atoms with van der Waals surface area (Å²) in [5.74, 6) is -0.134. The Hall–Kier alpha value is -2.58. The lowest BCUT2D eigenvalue weighted by Crippen LogP contribution is -2.17. The minimum atomic E-state index is -4.15. The zero-order valence-corrected chi connectivity index (χ0v) is 16.2. The first kappa shape index (κ1) is 20.7. The molecule has 0 heterocycles. The van der Waals surface area contributed by atoms with Crippen molar-refractivity contribution in [3.63, 3.8) is 0 Å². The van der Waals surface area contributed by atoms with Crippen molar-refractivity contribution in [2.24, 2.45) is 5.14 Å².